The monoisotopic (exact) mass is 369 g/mol. The molecule has 136 valence electrons. The number of amides is 3. The van der Waals surface area contributed by atoms with E-state index in [1.165, 1.54) is 4.90 Å². The van der Waals surface area contributed by atoms with Crippen molar-refractivity contribution < 1.29 is 9.59 Å². The number of nitrogens with zero attached hydrogens (tertiary/aromatic N) is 2. The van der Waals surface area contributed by atoms with Crippen molar-refractivity contribution in [3.8, 4) is 10.6 Å². The lowest BCUT2D eigenvalue weighted by atomic mass is 9.77. The van der Waals surface area contributed by atoms with Gasteiger partial charge in [0.2, 0.25) is 0 Å². The van der Waals surface area contributed by atoms with Gasteiger partial charge in [-0.25, -0.2) is 9.78 Å². The number of carbonyl (C=O) groups excluding carboxylic acids is 2. The number of rotatable bonds is 3. The van der Waals surface area contributed by atoms with Crippen LogP contribution in [0.5, 0.6) is 0 Å². The summed E-state index contributed by atoms with van der Waals surface area (Å²) in [5.74, 6) is 0.556. The van der Waals surface area contributed by atoms with E-state index in [9.17, 15) is 9.59 Å². The highest BCUT2D eigenvalue weighted by Gasteiger charge is 2.52. The molecule has 0 unspecified atom stereocenters. The lowest BCUT2D eigenvalue weighted by Crippen LogP contribution is -2.49. The van der Waals surface area contributed by atoms with Crippen LogP contribution in [0.15, 0.2) is 30.3 Å². The van der Waals surface area contributed by atoms with Gasteiger partial charge in [0.1, 0.15) is 10.5 Å². The summed E-state index contributed by atoms with van der Waals surface area (Å²) in [4.78, 5) is 32.5. The molecule has 1 aliphatic heterocycles. The Bertz CT molecular complexity index is 838. The van der Waals surface area contributed by atoms with E-state index >= 15 is 0 Å². The number of benzene rings is 1. The quantitative estimate of drug-likeness (QED) is 0.828. The van der Waals surface area contributed by atoms with Crippen LogP contribution in [0.1, 0.15) is 43.2 Å². The highest BCUT2D eigenvalue weighted by molar-refractivity contribution is 7.15. The van der Waals surface area contributed by atoms with Crippen LogP contribution in [0.25, 0.3) is 10.6 Å². The molecule has 0 radical (unpaired) electrons. The summed E-state index contributed by atoms with van der Waals surface area (Å²) in [5.41, 5.74) is 1.26. The van der Waals surface area contributed by atoms with Crippen LogP contribution >= 0.6 is 11.3 Å². The van der Waals surface area contributed by atoms with Crippen LogP contribution in [-0.2, 0) is 11.3 Å². The summed E-state index contributed by atoms with van der Waals surface area (Å²) in [7, 11) is 0. The van der Waals surface area contributed by atoms with Crippen LogP contribution in [0, 0.1) is 12.8 Å². The van der Waals surface area contributed by atoms with Crippen molar-refractivity contribution in [1.82, 2.24) is 15.2 Å². The average molecular weight is 369 g/mol. The summed E-state index contributed by atoms with van der Waals surface area (Å²) in [6.45, 7) is 4.45. The van der Waals surface area contributed by atoms with E-state index in [0.29, 0.717) is 12.5 Å². The van der Waals surface area contributed by atoms with Gasteiger partial charge in [0.05, 0.1) is 12.2 Å². The molecule has 5 nitrogen and oxygen atoms in total. The third kappa shape index (κ3) is 2.92. The van der Waals surface area contributed by atoms with Gasteiger partial charge in [-0.05, 0) is 38.5 Å². The minimum Gasteiger partial charge on any atom is -0.323 e. The predicted octanol–water partition coefficient (Wildman–Crippen LogP) is 4.12. The van der Waals surface area contributed by atoms with Crippen molar-refractivity contribution in [2.75, 3.05) is 0 Å². The number of nitrogens with one attached hydrogen (secondary N) is 1. The second kappa shape index (κ2) is 6.50. The Kier molecular flexibility index (Phi) is 4.31. The largest absolute Gasteiger partial charge is 0.325 e. The van der Waals surface area contributed by atoms with Gasteiger partial charge in [-0.2, -0.15) is 0 Å². The fraction of sp³-hybridized carbons (Fsp3) is 0.450. The van der Waals surface area contributed by atoms with Gasteiger partial charge < -0.3 is 5.32 Å². The Balaban J connectivity index is 1.55. The number of thiazole rings is 1. The van der Waals surface area contributed by atoms with Crippen molar-refractivity contribution in [1.29, 1.82) is 0 Å². The van der Waals surface area contributed by atoms with Crippen molar-refractivity contribution in [3.63, 3.8) is 0 Å². The number of urea groups is 1. The number of hydrogen-bond acceptors (Lipinski definition) is 4. The van der Waals surface area contributed by atoms with Crippen LogP contribution < -0.4 is 5.32 Å². The molecule has 1 aliphatic carbocycles. The summed E-state index contributed by atoms with van der Waals surface area (Å²) in [6, 6.07) is 9.72. The molecule has 1 saturated carbocycles. The molecule has 2 aromatic rings. The number of hydrogen-bond donors (Lipinski definition) is 1. The fourth-order valence-electron chi connectivity index (χ4n) is 3.84. The minimum absolute atomic E-state index is 0.0662. The standard InChI is InChI=1S/C20H23N3O2S/c1-13-8-10-20(11-9-13)18(24)23(19(25)22-20)12-16-14(2)21-17(26-16)15-6-4-3-5-7-15/h3-7,13H,8-12H2,1-2H3,(H,22,25). The van der Waals surface area contributed by atoms with E-state index in [0.717, 1.165) is 46.8 Å². The zero-order valence-corrected chi connectivity index (χ0v) is 15.9. The van der Waals surface area contributed by atoms with Crippen molar-refractivity contribution >= 4 is 23.3 Å². The first-order valence-electron chi connectivity index (χ1n) is 9.14. The molecule has 6 heteroatoms. The van der Waals surface area contributed by atoms with E-state index < -0.39 is 5.54 Å². The molecule has 4 rings (SSSR count). The highest BCUT2D eigenvalue weighted by Crippen LogP contribution is 2.37. The molecule has 2 fully saturated rings. The zero-order valence-electron chi connectivity index (χ0n) is 15.1. The van der Waals surface area contributed by atoms with Crippen LogP contribution in [0.4, 0.5) is 4.79 Å². The van der Waals surface area contributed by atoms with Crippen molar-refractivity contribution in [3.05, 3.63) is 40.9 Å². The third-order valence-electron chi connectivity index (χ3n) is 5.59. The van der Waals surface area contributed by atoms with E-state index in [-0.39, 0.29) is 11.9 Å². The second-order valence-corrected chi connectivity index (χ2v) is 8.56. The topological polar surface area (TPSA) is 62.3 Å². The Morgan fingerprint density at radius 1 is 1.23 bits per heavy atom. The number of aryl methyl sites for hydroxylation is 1. The van der Waals surface area contributed by atoms with Gasteiger partial charge >= 0.3 is 6.03 Å². The van der Waals surface area contributed by atoms with E-state index in [1.807, 2.05) is 37.3 Å². The number of imide groups is 1. The summed E-state index contributed by atoms with van der Waals surface area (Å²) in [6.07, 6.45) is 3.45. The number of aromatic nitrogens is 1. The first-order valence-corrected chi connectivity index (χ1v) is 9.96. The molecule has 3 amide bonds. The van der Waals surface area contributed by atoms with Crippen molar-refractivity contribution in [2.24, 2.45) is 5.92 Å². The second-order valence-electron chi connectivity index (χ2n) is 7.48. The third-order valence-corrected chi connectivity index (χ3v) is 6.78. The molecule has 0 atom stereocenters. The maximum Gasteiger partial charge on any atom is 0.325 e. The van der Waals surface area contributed by atoms with E-state index in [2.05, 4.69) is 17.2 Å². The minimum atomic E-state index is -0.676. The molecule has 2 heterocycles. The average Bonchev–Trinajstić information content (AvgIpc) is 3.12. The molecule has 1 aromatic carbocycles. The molecule has 1 aromatic heterocycles. The number of carbonyl (C=O) groups is 2. The lowest BCUT2D eigenvalue weighted by molar-refractivity contribution is -0.133. The van der Waals surface area contributed by atoms with Gasteiger partial charge in [-0.1, -0.05) is 37.3 Å². The van der Waals surface area contributed by atoms with Crippen LogP contribution in [-0.4, -0.2) is 27.4 Å². The molecule has 1 spiro atoms. The lowest BCUT2D eigenvalue weighted by Gasteiger charge is -2.33. The maximum atomic E-state index is 13.0. The van der Waals surface area contributed by atoms with Crippen molar-refractivity contribution in [2.45, 2.75) is 51.6 Å². The smallest absolute Gasteiger partial charge is 0.323 e. The molecular weight excluding hydrogens is 346 g/mol. The molecule has 2 aliphatic rings. The normalized spacial score (nSPS) is 25.8. The molecule has 26 heavy (non-hydrogen) atoms. The summed E-state index contributed by atoms with van der Waals surface area (Å²) < 4.78 is 0. The van der Waals surface area contributed by atoms with Gasteiger partial charge in [0.15, 0.2) is 0 Å². The highest BCUT2D eigenvalue weighted by atomic mass is 32.1. The molecule has 0 bridgehead atoms. The predicted molar refractivity (Wildman–Crippen MR) is 102 cm³/mol. The molecule has 1 saturated heterocycles. The van der Waals surface area contributed by atoms with Gasteiger partial charge in [0, 0.05) is 10.4 Å². The van der Waals surface area contributed by atoms with Crippen LogP contribution in [0.2, 0.25) is 0 Å². The first-order chi connectivity index (χ1) is 12.5. The SMILES string of the molecule is Cc1nc(-c2ccccc2)sc1CN1C(=O)NC2(CCC(C)CC2)C1=O. The Morgan fingerprint density at radius 3 is 2.62 bits per heavy atom. The Morgan fingerprint density at radius 2 is 1.92 bits per heavy atom. The fourth-order valence-corrected chi connectivity index (χ4v) is 4.89. The van der Waals surface area contributed by atoms with E-state index in [4.69, 9.17) is 0 Å². The summed E-state index contributed by atoms with van der Waals surface area (Å²) in [5, 5.41) is 3.91. The van der Waals surface area contributed by atoms with Gasteiger partial charge in [-0.15, -0.1) is 11.3 Å². The van der Waals surface area contributed by atoms with Crippen LogP contribution in [0.3, 0.4) is 0 Å². The van der Waals surface area contributed by atoms with Gasteiger partial charge in [-0.3, -0.25) is 9.69 Å². The molecular formula is C20H23N3O2S. The zero-order chi connectivity index (χ0) is 18.3. The van der Waals surface area contributed by atoms with E-state index in [1.54, 1.807) is 11.3 Å². The maximum absolute atomic E-state index is 13.0. The molecule has 1 N–H and O–H groups in total. The Labute approximate surface area is 157 Å². The first kappa shape index (κ1) is 17.2. The summed E-state index contributed by atoms with van der Waals surface area (Å²) >= 11 is 1.55. The Hall–Kier alpha value is -2.21. The van der Waals surface area contributed by atoms with Gasteiger partial charge in [0.25, 0.3) is 5.91 Å².